The molecule has 3 nitrogen and oxygen atoms in total. The van der Waals surface area contributed by atoms with Gasteiger partial charge >= 0.3 is 6.03 Å². The SMILES string of the molecule is CCC.CCC1CC2CC(C1)N2C(=O)NC. The third kappa shape index (κ3) is 2.69. The Morgan fingerprint density at radius 2 is 1.69 bits per heavy atom. The van der Waals surface area contributed by atoms with Crippen molar-refractivity contribution in [2.75, 3.05) is 7.05 Å². The highest BCUT2D eigenvalue weighted by molar-refractivity contribution is 5.75. The molecule has 2 bridgehead atoms. The van der Waals surface area contributed by atoms with Crippen molar-refractivity contribution in [1.82, 2.24) is 10.2 Å². The molecule has 0 aromatic carbocycles. The van der Waals surface area contributed by atoms with Gasteiger partial charge in [0.15, 0.2) is 0 Å². The summed E-state index contributed by atoms with van der Waals surface area (Å²) in [4.78, 5) is 13.5. The van der Waals surface area contributed by atoms with Gasteiger partial charge in [0.1, 0.15) is 0 Å². The van der Waals surface area contributed by atoms with E-state index < -0.39 is 0 Å². The first-order valence-corrected chi connectivity index (χ1v) is 6.67. The molecule has 3 rings (SSSR count). The quantitative estimate of drug-likeness (QED) is 0.732. The van der Waals surface area contributed by atoms with Crippen LogP contribution in [0.3, 0.4) is 0 Å². The summed E-state index contributed by atoms with van der Waals surface area (Å²) in [7, 11) is 1.72. The summed E-state index contributed by atoms with van der Waals surface area (Å²) < 4.78 is 0. The summed E-state index contributed by atoms with van der Waals surface area (Å²) in [6, 6.07) is 1.21. The van der Waals surface area contributed by atoms with E-state index >= 15 is 0 Å². The summed E-state index contributed by atoms with van der Waals surface area (Å²) >= 11 is 0. The van der Waals surface area contributed by atoms with Gasteiger partial charge in [0.25, 0.3) is 0 Å². The minimum absolute atomic E-state index is 0.121. The van der Waals surface area contributed by atoms with Gasteiger partial charge in [0, 0.05) is 19.1 Å². The first-order chi connectivity index (χ1) is 7.67. The van der Waals surface area contributed by atoms with Gasteiger partial charge in [-0.05, 0) is 25.2 Å². The number of nitrogens with one attached hydrogen (secondary N) is 1. The van der Waals surface area contributed by atoms with Crippen LogP contribution in [0, 0.1) is 5.92 Å². The first kappa shape index (κ1) is 13.3. The smallest absolute Gasteiger partial charge is 0.317 e. The van der Waals surface area contributed by atoms with Crippen molar-refractivity contribution >= 4 is 6.03 Å². The Kier molecular flexibility index (Phi) is 5.10. The molecule has 0 aromatic heterocycles. The minimum Gasteiger partial charge on any atom is -0.341 e. The number of amides is 2. The maximum atomic E-state index is 11.4. The number of carbonyl (C=O) groups is 1. The molecular formula is C13H26N2O. The summed E-state index contributed by atoms with van der Waals surface area (Å²) in [6.45, 7) is 6.50. The summed E-state index contributed by atoms with van der Waals surface area (Å²) in [5, 5.41) is 2.72. The highest BCUT2D eigenvalue weighted by atomic mass is 16.2. The van der Waals surface area contributed by atoms with E-state index in [4.69, 9.17) is 0 Å². The van der Waals surface area contributed by atoms with E-state index in [1.807, 2.05) is 4.90 Å². The summed E-state index contributed by atoms with van der Waals surface area (Å²) in [5.41, 5.74) is 0. The second-order valence-electron chi connectivity index (χ2n) is 4.96. The molecule has 2 amide bonds. The molecule has 16 heavy (non-hydrogen) atoms. The molecule has 2 aliphatic heterocycles. The third-order valence-corrected chi connectivity index (χ3v) is 3.57. The fourth-order valence-electron chi connectivity index (χ4n) is 2.78. The largest absolute Gasteiger partial charge is 0.341 e. The lowest BCUT2D eigenvalue weighted by molar-refractivity contribution is -0.0154. The molecular weight excluding hydrogens is 200 g/mol. The lowest BCUT2D eigenvalue weighted by atomic mass is 9.73. The molecule has 1 saturated carbocycles. The van der Waals surface area contributed by atoms with Crippen LogP contribution >= 0.6 is 0 Å². The van der Waals surface area contributed by atoms with E-state index in [1.54, 1.807) is 7.05 Å². The van der Waals surface area contributed by atoms with Crippen LogP contribution in [0.15, 0.2) is 0 Å². The van der Waals surface area contributed by atoms with Crippen LogP contribution in [0.2, 0.25) is 0 Å². The Morgan fingerprint density at radius 1 is 1.19 bits per heavy atom. The van der Waals surface area contributed by atoms with Gasteiger partial charge in [0.2, 0.25) is 0 Å². The summed E-state index contributed by atoms with van der Waals surface area (Å²) in [6.07, 6.45) is 6.21. The van der Waals surface area contributed by atoms with Crippen LogP contribution in [0.25, 0.3) is 0 Å². The molecule has 3 aliphatic rings. The molecule has 0 spiro atoms. The molecule has 1 aliphatic carbocycles. The number of piperidine rings is 1. The van der Waals surface area contributed by atoms with Crippen LogP contribution < -0.4 is 5.32 Å². The van der Waals surface area contributed by atoms with Gasteiger partial charge in [-0.3, -0.25) is 0 Å². The van der Waals surface area contributed by atoms with Crippen molar-refractivity contribution in [1.29, 1.82) is 0 Å². The van der Waals surface area contributed by atoms with E-state index in [-0.39, 0.29) is 6.03 Å². The number of hydrogen-bond acceptors (Lipinski definition) is 1. The fourth-order valence-corrected chi connectivity index (χ4v) is 2.78. The van der Waals surface area contributed by atoms with Gasteiger partial charge in [-0.15, -0.1) is 0 Å². The van der Waals surface area contributed by atoms with Crippen molar-refractivity contribution in [3.63, 3.8) is 0 Å². The zero-order chi connectivity index (χ0) is 12.1. The van der Waals surface area contributed by atoms with E-state index in [1.165, 1.54) is 32.1 Å². The lowest BCUT2D eigenvalue weighted by Gasteiger charge is -2.55. The number of carbonyl (C=O) groups excluding carboxylic acids is 1. The van der Waals surface area contributed by atoms with Gasteiger partial charge in [0.05, 0.1) is 0 Å². The van der Waals surface area contributed by atoms with E-state index in [0.29, 0.717) is 12.1 Å². The van der Waals surface area contributed by atoms with Gasteiger partial charge < -0.3 is 10.2 Å². The molecule has 2 atom stereocenters. The minimum atomic E-state index is 0.121. The van der Waals surface area contributed by atoms with Gasteiger partial charge in [-0.25, -0.2) is 4.79 Å². The second-order valence-corrected chi connectivity index (χ2v) is 4.96. The Labute approximate surface area is 99.6 Å². The fraction of sp³-hybridized carbons (Fsp3) is 0.923. The lowest BCUT2D eigenvalue weighted by Crippen LogP contribution is -2.64. The van der Waals surface area contributed by atoms with E-state index in [2.05, 4.69) is 26.1 Å². The molecule has 2 heterocycles. The average Bonchev–Trinajstić information content (AvgIpc) is 2.29. The normalized spacial score (nSPS) is 31.0. The van der Waals surface area contributed by atoms with Crippen molar-refractivity contribution in [3.8, 4) is 0 Å². The maximum Gasteiger partial charge on any atom is 0.317 e. The van der Waals surface area contributed by atoms with Crippen molar-refractivity contribution in [2.45, 2.75) is 65.0 Å². The van der Waals surface area contributed by atoms with Crippen LogP contribution in [0.1, 0.15) is 52.9 Å². The van der Waals surface area contributed by atoms with Crippen LogP contribution in [0.5, 0.6) is 0 Å². The standard InChI is InChI=1S/C10H18N2O.C3H8/c1-3-7-4-8-6-9(5-7)12(8)10(13)11-2;1-3-2/h7-9H,3-6H2,1-2H3,(H,11,13);3H2,1-2H3. The number of rotatable bonds is 1. The number of fused-ring (bicyclic) bond motifs is 2. The van der Waals surface area contributed by atoms with Gasteiger partial charge in [-0.2, -0.15) is 0 Å². The molecule has 94 valence electrons. The Morgan fingerprint density at radius 3 is 2.06 bits per heavy atom. The molecule has 0 aromatic rings. The zero-order valence-electron chi connectivity index (χ0n) is 11.1. The second kappa shape index (κ2) is 6.12. The number of hydrogen-bond donors (Lipinski definition) is 1. The third-order valence-electron chi connectivity index (χ3n) is 3.57. The molecule has 1 N–H and O–H groups in total. The molecule has 2 unspecified atom stereocenters. The molecule has 2 saturated heterocycles. The Hall–Kier alpha value is -0.730. The predicted octanol–water partition coefficient (Wildman–Crippen LogP) is 3.01. The van der Waals surface area contributed by atoms with Crippen LogP contribution in [-0.4, -0.2) is 30.1 Å². The zero-order valence-corrected chi connectivity index (χ0v) is 11.1. The molecule has 3 fully saturated rings. The molecule has 3 heteroatoms. The number of nitrogens with zero attached hydrogens (tertiary/aromatic N) is 1. The Balaban J connectivity index is 0.000000386. The number of urea groups is 1. The molecule has 0 radical (unpaired) electrons. The van der Waals surface area contributed by atoms with Gasteiger partial charge in [-0.1, -0.05) is 33.6 Å². The van der Waals surface area contributed by atoms with Crippen LogP contribution in [0.4, 0.5) is 4.79 Å². The van der Waals surface area contributed by atoms with Crippen molar-refractivity contribution in [3.05, 3.63) is 0 Å². The maximum absolute atomic E-state index is 11.4. The monoisotopic (exact) mass is 226 g/mol. The van der Waals surface area contributed by atoms with E-state index in [0.717, 1.165) is 5.92 Å². The summed E-state index contributed by atoms with van der Waals surface area (Å²) in [5.74, 6) is 0.865. The highest BCUT2D eigenvalue weighted by Crippen LogP contribution is 2.42. The van der Waals surface area contributed by atoms with Crippen molar-refractivity contribution < 1.29 is 4.79 Å². The van der Waals surface area contributed by atoms with Crippen LogP contribution in [-0.2, 0) is 0 Å². The van der Waals surface area contributed by atoms with E-state index in [9.17, 15) is 4.79 Å². The highest BCUT2D eigenvalue weighted by Gasteiger charge is 2.46. The first-order valence-electron chi connectivity index (χ1n) is 6.67. The van der Waals surface area contributed by atoms with Crippen molar-refractivity contribution in [2.24, 2.45) is 5.92 Å². The topological polar surface area (TPSA) is 32.3 Å². The predicted molar refractivity (Wildman–Crippen MR) is 67.5 cm³/mol. The Bertz CT molecular complexity index is 218. The average molecular weight is 226 g/mol.